The zero-order valence-corrected chi connectivity index (χ0v) is 11.2. The van der Waals surface area contributed by atoms with Gasteiger partial charge < -0.3 is 14.2 Å². The average molecular weight is 277 g/mol. The lowest BCUT2D eigenvalue weighted by atomic mass is 10.2. The van der Waals surface area contributed by atoms with Crippen molar-refractivity contribution in [1.82, 2.24) is 0 Å². The van der Waals surface area contributed by atoms with Gasteiger partial charge in [0.2, 0.25) is 0 Å². The molecule has 0 amide bonds. The number of halogens is 2. The van der Waals surface area contributed by atoms with E-state index in [2.05, 4.69) is 0 Å². The second-order valence-electron chi connectivity index (χ2n) is 3.19. The van der Waals surface area contributed by atoms with Crippen molar-refractivity contribution >= 4 is 29.3 Å². The maximum absolute atomic E-state index is 6.07. The molecule has 0 aliphatic heterocycles. The summed E-state index contributed by atoms with van der Waals surface area (Å²) in [5.74, 6) is 0.472. The Labute approximate surface area is 111 Å². The maximum atomic E-state index is 6.07. The molecule has 17 heavy (non-hydrogen) atoms. The van der Waals surface area contributed by atoms with Crippen LogP contribution in [0.1, 0.15) is 5.56 Å². The molecule has 94 valence electrons. The monoisotopic (exact) mass is 276 g/mol. The third-order valence-electron chi connectivity index (χ3n) is 1.95. The van der Waals surface area contributed by atoms with Gasteiger partial charge in [-0.2, -0.15) is 0 Å². The van der Waals surface area contributed by atoms with E-state index in [9.17, 15) is 0 Å². The molecule has 0 aromatic heterocycles. The fraction of sp³-hybridized carbons (Fsp3) is 0.333. The Morgan fingerprint density at radius 2 is 1.76 bits per heavy atom. The normalized spacial score (nSPS) is 10.8. The van der Waals surface area contributed by atoms with Gasteiger partial charge in [0.05, 0.1) is 30.0 Å². The summed E-state index contributed by atoms with van der Waals surface area (Å²) in [6.45, 7) is 0.890. The maximum Gasteiger partial charge on any atom is 0.156 e. The highest BCUT2D eigenvalue weighted by Gasteiger charge is 2.08. The van der Waals surface area contributed by atoms with Gasteiger partial charge in [0.15, 0.2) is 5.75 Å². The Morgan fingerprint density at radius 1 is 1.12 bits per heavy atom. The standard InChI is InChI=1S/C12H14Cl2O3/c1-15-4-3-9-7-10(13)12(11(14)8-9)17-6-5-16-2/h3-4,7-8H,5-6H2,1-2H3/b4-3+. The van der Waals surface area contributed by atoms with E-state index in [4.69, 9.17) is 37.4 Å². The lowest BCUT2D eigenvalue weighted by Gasteiger charge is -2.10. The lowest BCUT2D eigenvalue weighted by molar-refractivity contribution is 0.146. The first-order valence-corrected chi connectivity index (χ1v) is 5.74. The van der Waals surface area contributed by atoms with Crippen LogP contribution in [0, 0.1) is 0 Å². The average Bonchev–Trinajstić information content (AvgIpc) is 2.30. The molecule has 1 rings (SSSR count). The summed E-state index contributed by atoms with van der Waals surface area (Å²) < 4.78 is 15.1. The smallest absolute Gasteiger partial charge is 0.156 e. The van der Waals surface area contributed by atoms with E-state index in [1.165, 1.54) is 0 Å². The summed E-state index contributed by atoms with van der Waals surface area (Å²) in [4.78, 5) is 0. The van der Waals surface area contributed by atoms with Crippen LogP contribution in [0.5, 0.6) is 5.75 Å². The van der Waals surface area contributed by atoms with Crippen LogP contribution in [0.25, 0.3) is 6.08 Å². The molecule has 5 heteroatoms. The van der Waals surface area contributed by atoms with E-state index in [0.717, 1.165) is 5.56 Å². The molecule has 0 radical (unpaired) electrons. The lowest BCUT2D eigenvalue weighted by Crippen LogP contribution is -2.05. The molecule has 0 spiro atoms. The highest BCUT2D eigenvalue weighted by Crippen LogP contribution is 2.34. The molecule has 0 aliphatic carbocycles. The van der Waals surface area contributed by atoms with Crippen LogP contribution in [0.15, 0.2) is 18.4 Å². The van der Waals surface area contributed by atoms with E-state index in [0.29, 0.717) is 29.0 Å². The van der Waals surface area contributed by atoms with Gasteiger partial charge in [-0.15, -0.1) is 0 Å². The Balaban J connectivity index is 2.82. The molecular weight excluding hydrogens is 263 g/mol. The van der Waals surface area contributed by atoms with Crippen molar-refractivity contribution in [3.05, 3.63) is 34.0 Å². The quantitative estimate of drug-likeness (QED) is 0.587. The first-order valence-electron chi connectivity index (χ1n) is 4.99. The Kier molecular flexibility index (Phi) is 6.19. The third-order valence-corrected chi connectivity index (χ3v) is 2.51. The highest BCUT2D eigenvalue weighted by molar-refractivity contribution is 6.37. The molecule has 0 fully saturated rings. The van der Waals surface area contributed by atoms with Crippen LogP contribution in [0.3, 0.4) is 0 Å². The summed E-state index contributed by atoms with van der Waals surface area (Å²) in [7, 11) is 3.17. The van der Waals surface area contributed by atoms with Crippen molar-refractivity contribution in [1.29, 1.82) is 0 Å². The molecule has 0 atom stereocenters. The predicted molar refractivity (Wildman–Crippen MR) is 69.9 cm³/mol. The minimum absolute atomic E-state index is 0.406. The fourth-order valence-electron chi connectivity index (χ4n) is 1.19. The second kappa shape index (κ2) is 7.43. The Hall–Kier alpha value is -0.900. The molecule has 0 saturated heterocycles. The van der Waals surface area contributed by atoms with Gasteiger partial charge in [-0.1, -0.05) is 23.2 Å². The van der Waals surface area contributed by atoms with Crippen molar-refractivity contribution in [2.24, 2.45) is 0 Å². The van der Waals surface area contributed by atoms with Crippen LogP contribution in [-0.4, -0.2) is 27.4 Å². The van der Waals surface area contributed by atoms with Crippen LogP contribution in [-0.2, 0) is 9.47 Å². The summed E-state index contributed by atoms with van der Waals surface area (Å²) in [6, 6.07) is 3.51. The van der Waals surface area contributed by atoms with E-state index >= 15 is 0 Å². The van der Waals surface area contributed by atoms with Crippen molar-refractivity contribution in [2.45, 2.75) is 0 Å². The van der Waals surface area contributed by atoms with Gasteiger partial charge in [-0.25, -0.2) is 0 Å². The summed E-state index contributed by atoms with van der Waals surface area (Å²) >= 11 is 12.1. The minimum atomic E-state index is 0.406. The summed E-state index contributed by atoms with van der Waals surface area (Å²) in [5, 5.41) is 0.925. The van der Waals surface area contributed by atoms with Crippen molar-refractivity contribution in [3.63, 3.8) is 0 Å². The molecule has 0 aliphatic rings. The number of hydrogen-bond donors (Lipinski definition) is 0. The van der Waals surface area contributed by atoms with Gasteiger partial charge in [0.1, 0.15) is 6.61 Å². The number of methoxy groups -OCH3 is 2. The topological polar surface area (TPSA) is 27.7 Å². The van der Waals surface area contributed by atoms with E-state index in [-0.39, 0.29) is 0 Å². The third kappa shape index (κ3) is 4.46. The Morgan fingerprint density at radius 3 is 2.29 bits per heavy atom. The van der Waals surface area contributed by atoms with Gasteiger partial charge in [0.25, 0.3) is 0 Å². The first kappa shape index (κ1) is 14.2. The predicted octanol–water partition coefficient (Wildman–Crippen LogP) is 3.64. The molecule has 0 N–H and O–H groups in total. The van der Waals surface area contributed by atoms with Gasteiger partial charge in [-0.3, -0.25) is 0 Å². The molecule has 1 aromatic rings. The molecule has 0 bridgehead atoms. The van der Waals surface area contributed by atoms with Gasteiger partial charge >= 0.3 is 0 Å². The number of hydrogen-bond acceptors (Lipinski definition) is 3. The van der Waals surface area contributed by atoms with Crippen LogP contribution >= 0.6 is 23.2 Å². The van der Waals surface area contributed by atoms with E-state index < -0.39 is 0 Å². The van der Waals surface area contributed by atoms with Crippen molar-refractivity contribution < 1.29 is 14.2 Å². The zero-order valence-electron chi connectivity index (χ0n) is 9.70. The SMILES string of the molecule is CO/C=C/c1cc(Cl)c(OCCOC)c(Cl)c1. The van der Waals surface area contributed by atoms with Crippen molar-refractivity contribution in [2.75, 3.05) is 27.4 Å². The largest absolute Gasteiger partial charge is 0.504 e. The van der Waals surface area contributed by atoms with Crippen molar-refractivity contribution in [3.8, 4) is 5.75 Å². The molecule has 0 heterocycles. The van der Waals surface area contributed by atoms with Gasteiger partial charge in [0, 0.05) is 7.11 Å². The number of ether oxygens (including phenoxy) is 3. The molecule has 3 nitrogen and oxygen atoms in total. The first-order chi connectivity index (χ1) is 8.19. The Bertz CT molecular complexity index is 368. The van der Waals surface area contributed by atoms with Crippen LogP contribution < -0.4 is 4.74 Å². The summed E-state index contributed by atoms with van der Waals surface area (Å²) in [5.41, 5.74) is 0.848. The second-order valence-corrected chi connectivity index (χ2v) is 4.01. The molecule has 0 unspecified atom stereocenters. The molecular formula is C12H14Cl2O3. The highest BCUT2D eigenvalue weighted by atomic mass is 35.5. The number of benzene rings is 1. The fourth-order valence-corrected chi connectivity index (χ4v) is 1.80. The van der Waals surface area contributed by atoms with E-state index in [1.807, 2.05) is 0 Å². The van der Waals surface area contributed by atoms with Gasteiger partial charge in [-0.05, 0) is 23.8 Å². The zero-order chi connectivity index (χ0) is 12.7. The van der Waals surface area contributed by atoms with Crippen LogP contribution in [0.2, 0.25) is 10.0 Å². The van der Waals surface area contributed by atoms with E-state index in [1.54, 1.807) is 38.7 Å². The minimum Gasteiger partial charge on any atom is -0.504 e. The number of rotatable bonds is 6. The van der Waals surface area contributed by atoms with Crippen LogP contribution in [0.4, 0.5) is 0 Å². The molecule has 1 aromatic carbocycles. The summed E-state index contributed by atoms with van der Waals surface area (Å²) in [6.07, 6.45) is 3.31. The molecule has 0 saturated carbocycles.